The summed E-state index contributed by atoms with van der Waals surface area (Å²) < 4.78 is 0. The second-order valence-corrected chi connectivity index (χ2v) is 13.7. The van der Waals surface area contributed by atoms with Crippen molar-refractivity contribution in [3.8, 4) is 0 Å². The van der Waals surface area contributed by atoms with Crippen LogP contribution in [0.2, 0.25) is 0 Å². The van der Waals surface area contributed by atoms with Crippen molar-refractivity contribution in [2.75, 3.05) is 0 Å². The van der Waals surface area contributed by atoms with Gasteiger partial charge in [0.2, 0.25) is 0 Å². The zero-order valence-electron chi connectivity index (χ0n) is 36.1. The average Bonchev–Trinajstić information content (AvgIpc) is 3.18. The third-order valence-electron chi connectivity index (χ3n) is 7.28. The van der Waals surface area contributed by atoms with Gasteiger partial charge in [-0.05, 0) is 155 Å². The van der Waals surface area contributed by atoms with Crippen LogP contribution in [-0.2, 0) is 0 Å². The lowest BCUT2D eigenvalue weighted by Gasteiger charge is -1.90. The van der Waals surface area contributed by atoms with E-state index in [1.54, 1.807) is 0 Å². The molecule has 0 aliphatic rings. The van der Waals surface area contributed by atoms with Crippen LogP contribution >= 0.6 is 0 Å². The van der Waals surface area contributed by atoms with E-state index in [1.165, 1.54) is 33.4 Å². The molecular formula is C48H62N8. The maximum absolute atomic E-state index is 4.08. The number of rotatable bonds is 0. The summed E-state index contributed by atoms with van der Waals surface area (Å²) in [5.41, 5.74) is 14.1. The number of pyridine rings is 4. The zero-order chi connectivity index (χ0) is 41.9. The molecule has 6 heterocycles. The summed E-state index contributed by atoms with van der Waals surface area (Å²) in [7, 11) is 0. The van der Waals surface area contributed by atoms with Gasteiger partial charge in [-0.3, -0.25) is 19.9 Å². The maximum atomic E-state index is 4.08. The predicted molar refractivity (Wildman–Crippen MR) is 234 cm³/mol. The Morgan fingerprint density at radius 2 is 0.375 bits per heavy atom. The second-order valence-electron chi connectivity index (χ2n) is 13.7. The minimum absolute atomic E-state index is 0.829. The quantitative estimate of drug-likeness (QED) is 0.151. The summed E-state index contributed by atoms with van der Waals surface area (Å²) in [4.78, 5) is 32.2. The van der Waals surface area contributed by atoms with Crippen molar-refractivity contribution in [1.29, 1.82) is 0 Å². The van der Waals surface area contributed by atoms with Crippen molar-refractivity contribution in [3.63, 3.8) is 0 Å². The molecule has 8 heteroatoms. The Morgan fingerprint density at radius 3 is 0.518 bits per heavy atom. The summed E-state index contributed by atoms with van der Waals surface area (Å²) in [5, 5.41) is 0. The molecule has 0 spiro atoms. The Morgan fingerprint density at radius 1 is 0.196 bits per heavy atom. The van der Waals surface area contributed by atoms with Crippen LogP contribution in [0.4, 0.5) is 0 Å². The van der Waals surface area contributed by atoms with Gasteiger partial charge in [-0.1, -0.05) is 59.7 Å². The molecular weight excluding hydrogens is 689 g/mol. The fourth-order valence-electron chi connectivity index (χ4n) is 3.72. The highest BCUT2D eigenvalue weighted by Gasteiger charge is 1.86. The van der Waals surface area contributed by atoms with Crippen LogP contribution in [0.3, 0.4) is 0 Å². The van der Waals surface area contributed by atoms with E-state index in [4.69, 9.17) is 0 Å². The molecule has 0 aliphatic carbocycles. The molecule has 56 heavy (non-hydrogen) atoms. The standard InChI is InChI=1S/C8H10.4C7H9N.2C6H8N2/c1-7-3-5-8(2)6-4-7;4*1-6-3-4-7(2)8-5-6;2*1-5-3-7-6(2)8-4-5/h3-6H,1-2H3;4*3-5H,1-2H3;2*3-4H,1-2H3. The van der Waals surface area contributed by atoms with Crippen molar-refractivity contribution in [2.24, 2.45) is 0 Å². The van der Waals surface area contributed by atoms with Gasteiger partial charge in [-0.2, -0.15) is 0 Å². The largest absolute Gasteiger partial charge is 0.261 e. The normalized spacial score (nSPS) is 9.25. The van der Waals surface area contributed by atoms with Crippen LogP contribution < -0.4 is 0 Å². The van der Waals surface area contributed by atoms with Crippen LogP contribution in [0, 0.1) is 96.9 Å². The molecule has 0 amide bonds. The average molecular weight is 751 g/mol. The van der Waals surface area contributed by atoms with E-state index in [0.29, 0.717) is 0 Å². The van der Waals surface area contributed by atoms with Crippen molar-refractivity contribution in [1.82, 2.24) is 39.9 Å². The summed E-state index contributed by atoms with van der Waals surface area (Å²) in [6, 6.07) is 24.8. The Bertz CT molecular complexity index is 1430. The Hall–Kier alpha value is -6.02. The molecule has 0 fully saturated rings. The summed E-state index contributed by atoms with van der Waals surface area (Å²) in [6.07, 6.45) is 14.7. The summed E-state index contributed by atoms with van der Waals surface area (Å²) in [5.74, 6) is 1.66. The molecule has 0 aliphatic heterocycles. The SMILES string of the molecule is Cc1ccc(C)cc1.Cc1ccc(C)nc1.Cc1ccc(C)nc1.Cc1ccc(C)nc1.Cc1ccc(C)nc1.Cc1cnc(C)nc1.Cc1cnc(C)nc1. The molecule has 0 N–H and O–H groups in total. The van der Waals surface area contributed by atoms with Crippen LogP contribution in [0.1, 0.15) is 78.9 Å². The van der Waals surface area contributed by atoms with Gasteiger partial charge in [0.25, 0.3) is 0 Å². The molecule has 6 aromatic heterocycles. The van der Waals surface area contributed by atoms with Gasteiger partial charge < -0.3 is 0 Å². The van der Waals surface area contributed by atoms with E-state index in [-0.39, 0.29) is 0 Å². The highest BCUT2D eigenvalue weighted by Crippen LogP contribution is 2.00. The molecule has 0 atom stereocenters. The van der Waals surface area contributed by atoms with Gasteiger partial charge in [0.1, 0.15) is 11.6 Å². The number of hydrogen-bond acceptors (Lipinski definition) is 8. The van der Waals surface area contributed by atoms with Crippen molar-refractivity contribution < 1.29 is 0 Å². The van der Waals surface area contributed by atoms with Gasteiger partial charge in [0.05, 0.1) is 0 Å². The van der Waals surface area contributed by atoms with E-state index in [0.717, 1.165) is 45.6 Å². The highest BCUT2D eigenvalue weighted by molar-refractivity contribution is 5.19. The van der Waals surface area contributed by atoms with Crippen LogP contribution in [0.5, 0.6) is 0 Å². The monoisotopic (exact) mass is 751 g/mol. The minimum atomic E-state index is 0.829. The van der Waals surface area contributed by atoms with Crippen LogP contribution in [0.15, 0.2) is 122 Å². The predicted octanol–water partition coefficient (Wildman–Crippen LogP) is 11.3. The second kappa shape index (κ2) is 27.5. The molecule has 0 radical (unpaired) electrons. The fraction of sp³-hybridized carbons (Fsp3) is 0.292. The number of nitrogens with zero attached hydrogens (tertiary/aromatic N) is 8. The van der Waals surface area contributed by atoms with E-state index < -0.39 is 0 Å². The first-order valence-corrected chi connectivity index (χ1v) is 18.6. The smallest absolute Gasteiger partial charge is 0.125 e. The van der Waals surface area contributed by atoms with E-state index >= 15 is 0 Å². The van der Waals surface area contributed by atoms with E-state index in [9.17, 15) is 0 Å². The first-order chi connectivity index (χ1) is 26.5. The third kappa shape index (κ3) is 25.9. The number of aryl methyl sites for hydroxylation is 14. The Balaban J connectivity index is 0.000000327. The molecule has 8 nitrogen and oxygen atoms in total. The van der Waals surface area contributed by atoms with E-state index in [1.807, 2.05) is 157 Å². The lowest BCUT2D eigenvalue weighted by atomic mass is 10.2. The molecule has 294 valence electrons. The van der Waals surface area contributed by atoms with Crippen LogP contribution in [0.25, 0.3) is 0 Å². The topological polar surface area (TPSA) is 103 Å². The van der Waals surface area contributed by atoms with Gasteiger partial charge in [-0.25, -0.2) is 19.9 Å². The van der Waals surface area contributed by atoms with Crippen molar-refractivity contribution >= 4 is 0 Å². The zero-order valence-corrected chi connectivity index (χ0v) is 36.1. The minimum Gasteiger partial charge on any atom is -0.261 e. The lowest BCUT2D eigenvalue weighted by molar-refractivity contribution is 1.03. The van der Waals surface area contributed by atoms with Gasteiger partial charge >= 0.3 is 0 Å². The fourth-order valence-corrected chi connectivity index (χ4v) is 3.72. The summed E-state index contributed by atoms with van der Waals surface area (Å²) >= 11 is 0. The van der Waals surface area contributed by atoms with Gasteiger partial charge in [0.15, 0.2) is 0 Å². The number of benzene rings is 1. The van der Waals surface area contributed by atoms with Crippen molar-refractivity contribution in [3.05, 3.63) is 201 Å². The molecule has 0 unspecified atom stereocenters. The van der Waals surface area contributed by atoms with Crippen LogP contribution in [-0.4, -0.2) is 39.9 Å². The summed E-state index contributed by atoms with van der Waals surface area (Å²) in [6.45, 7) is 28.0. The molecule has 0 saturated heterocycles. The van der Waals surface area contributed by atoms with Crippen molar-refractivity contribution in [2.45, 2.75) is 96.9 Å². The first-order valence-electron chi connectivity index (χ1n) is 18.6. The molecule has 7 rings (SSSR count). The molecule has 0 bridgehead atoms. The number of hydrogen-bond donors (Lipinski definition) is 0. The first kappa shape index (κ1) is 48.0. The molecule has 0 saturated carbocycles. The van der Waals surface area contributed by atoms with Gasteiger partial charge in [0, 0.05) is 72.4 Å². The third-order valence-corrected chi connectivity index (χ3v) is 7.28. The Labute approximate surface area is 337 Å². The Kier molecular flexibility index (Phi) is 23.6. The molecule has 7 aromatic rings. The lowest BCUT2D eigenvalue weighted by Crippen LogP contribution is -1.84. The number of aromatic nitrogens is 8. The van der Waals surface area contributed by atoms with Gasteiger partial charge in [-0.15, -0.1) is 0 Å². The highest BCUT2D eigenvalue weighted by atomic mass is 14.8. The molecule has 1 aromatic carbocycles. The van der Waals surface area contributed by atoms with E-state index in [2.05, 4.69) is 102 Å². The maximum Gasteiger partial charge on any atom is 0.125 e.